The maximum absolute atomic E-state index is 12.4. The highest BCUT2D eigenvalue weighted by Crippen LogP contribution is 2.17. The fraction of sp³-hybridized carbons (Fsp3) is 0.611. The Morgan fingerprint density at radius 1 is 1.29 bits per heavy atom. The SMILES string of the molecule is CSc1ccc(CN(C)C(=O)NCC(C)(C)N2CCOCC2)cc1. The van der Waals surface area contributed by atoms with E-state index in [1.165, 1.54) is 4.90 Å². The van der Waals surface area contributed by atoms with Gasteiger partial charge in [0, 0.05) is 43.7 Å². The Bertz CT molecular complexity index is 528. The predicted octanol–water partition coefficient (Wildman–Crippen LogP) is 2.66. The lowest BCUT2D eigenvalue weighted by Gasteiger charge is -2.41. The minimum Gasteiger partial charge on any atom is -0.379 e. The number of amides is 2. The van der Waals surface area contributed by atoms with Crippen LogP contribution in [0.15, 0.2) is 29.2 Å². The largest absolute Gasteiger partial charge is 0.379 e. The lowest BCUT2D eigenvalue weighted by atomic mass is 10.0. The van der Waals surface area contributed by atoms with Gasteiger partial charge in [-0.05, 0) is 37.8 Å². The highest BCUT2D eigenvalue weighted by molar-refractivity contribution is 7.98. The van der Waals surface area contributed by atoms with Gasteiger partial charge in [-0.1, -0.05) is 12.1 Å². The van der Waals surface area contributed by atoms with Crippen LogP contribution in [0.4, 0.5) is 4.79 Å². The molecule has 1 aliphatic heterocycles. The molecule has 0 bridgehead atoms. The summed E-state index contributed by atoms with van der Waals surface area (Å²) >= 11 is 1.72. The molecule has 0 aromatic heterocycles. The smallest absolute Gasteiger partial charge is 0.317 e. The average Bonchev–Trinajstić information content (AvgIpc) is 2.61. The van der Waals surface area contributed by atoms with Gasteiger partial charge >= 0.3 is 6.03 Å². The lowest BCUT2D eigenvalue weighted by molar-refractivity contribution is -0.00900. The minimum absolute atomic E-state index is 0.0368. The predicted molar refractivity (Wildman–Crippen MR) is 99.6 cm³/mol. The molecule has 0 aliphatic carbocycles. The van der Waals surface area contributed by atoms with Crippen molar-refractivity contribution in [1.29, 1.82) is 0 Å². The Morgan fingerprint density at radius 3 is 2.50 bits per heavy atom. The first kappa shape index (κ1) is 19.1. The highest BCUT2D eigenvalue weighted by atomic mass is 32.2. The number of thioether (sulfide) groups is 1. The van der Waals surface area contributed by atoms with Crippen LogP contribution in [0.2, 0.25) is 0 Å². The van der Waals surface area contributed by atoms with E-state index in [2.05, 4.69) is 54.6 Å². The normalized spacial score (nSPS) is 16.0. The number of rotatable bonds is 6. The Labute approximate surface area is 149 Å². The number of morpholine rings is 1. The first-order valence-corrected chi connectivity index (χ1v) is 9.59. The van der Waals surface area contributed by atoms with Gasteiger partial charge < -0.3 is 15.0 Å². The molecule has 5 nitrogen and oxygen atoms in total. The molecule has 2 amide bonds. The molecule has 0 radical (unpaired) electrons. The molecule has 134 valence electrons. The van der Waals surface area contributed by atoms with Crippen LogP contribution >= 0.6 is 11.8 Å². The molecule has 6 heteroatoms. The van der Waals surface area contributed by atoms with Crippen LogP contribution in [0.1, 0.15) is 19.4 Å². The van der Waals surface area contributed by atoms with E-state index in [-0.39, 0.29) is 11.6 Å². The molecule has 0 unspecified atom stereocenters. The topological polar surface area (TPSA) is 44.8 Å². The van der Waals surface area contributed by atoms with Gasteiger partial charge in [-0.2, -0.15) is 0 Å². The third-order valence-electron chi connectivity index (χ3n) is 4.46. The van der Waals surface area contributed by atoms with Crippen molar-refractivity contribution in [3.05, 3.63) is 29.8 Å². The molecule has 2 rings (SSSR count). The molecule has 1 saturated heterocycles. The molecule has 1 N–H and O–H groups in total. The number of ether oxygens (including phenoxy) is 1. The van der Waals surface area contributed by atoms with Crippen molar-refractivity contribution < 1.29 is 9.53 Å². The number of benzene rings is 1. The third-order valence-corrected chi connectivity index (χ3v) is 5.21. The number of carbonyl (C=O) groups excluding carboxylic acids is 1. The quantitative estimate of drug-likeness (QED) is 0.801. The van der Waals surface area contributed by atoms with Crippen LogP contribution in [0.25, 0.3) is 0 Å². The second-order valence-corrected chi connectivity index (χ2v) is 7.65. The van der Waals surface area contributed by atoms with E-state index in [0.717, 1.165) is 31.9 Å². The van der Waals surface area contributed by atoms with Crippen molar-refractivity contribution >= 4 is 17.8 Å². The number of carbonyl (C=O) groups is 1. The molecule has 0 spiro atoms. The first-order valence-electron chi connectivity index (χ1n) is 8.37. The van der Waals surface area contributed by atoms with Crippen molar-refractivity contribution in [1.82, 2.24) is 15.1 Å². The Balaban J connectivity index is 1.81. The molecule has 1 fully saturated rings. The molecule has 24 heavy (non-hydrogen) atoms. The molecule has 0 saturated carbocycles. The van der Waals surface area contributed by atoms with Crippen molar-refractivity contribution in [2.75, 3.05) is 46.2 Å². The van der Waals surface area contributed by atoms with E-state index in [0.29, 0.717) is 13.1 Å². The maximum Gasteiger partial charge on any atom is 0.317 e. The van der Waals surface area contributed by atoms with Crippen LogP contribution in [0.5, 0.6) is 0 Å². The minimum atomic E-state index is -0.0692. The van der Waals surface area contributed by atoms with Crippen LogP contribution in [0, 0.1) is 0 Å². The zero-order chi connectivity index (χ0) is 17.6. The van der Waals surface area contributed by atoms with Gasteiger partial charge in [-0.15, -0.1) is 11.8 Å². The fourth-order valence-corrected chi connectivity index (χ4v) is 3.19. The van der Waals surface area contributed by atoms with Crippen LogP contribution < -0.4 is 5.32 Å². The number of urea groups is 1. The van der Waals surface area contributed by atoms with E-state index in [1.807, 2.05) is 7.05 Å². The summed E-state index contributed by atoms with van der Waals surface area (Å²) in [6, 6.07) is 8.30. The average molecular weight is 352 g/mol. The molecule has 1 aliphatic rings. The first-order chi connectivity index (χ1) is 11.4. The van der Waals surface area contributed by atoms with Crippen LogP contribution in [0.3, 0.4) is 0 Å². The monoisotopic (exact) mass is 351 g/mol. The zero-order valence-corrected chi connectivity index (χ0v) is 16.0. The standard InChI is InChI=1S/C18H29N3O2S/c1-18(2,21-9-11-23-12-10-21)14-19-17(22)20(3)13-15-5-7-16(24-4)8-6-15/h5-8H,9-14H2,1-4H3,(H,19,22). The van der Waals surface area contributed by atoms with Gasteiger partial charge in [0.25, 0.3) is 0 Å². The summed E-state index contributed by atoms with van der Waals surface area (Å²) in [5.41, 5.74) is 1.07. The highest BCUT2D eigenvalue weighted by Gasteiger charge is 2.28. The van der Waals surface area contributed by atoms with Crippen molar-refractivity contribution in [2.45, 2.75) is 30.8 Å². The molecule has 1 heterocycles. The fourth-order valence-electron chi connectivity index (χ4n) is 2.78. The number of nitrogens with one attached hydrogen (secondary N) is 1. The van der Waals surface area contributed by atoms with Crippen molar-refractivity contribution in [3.63, 3.8) is 0 Å². The summed E-state index contributed by atoms with van der Waals surface area (Å²) in [4.78, 5) is 17.7. The maximum atomic E-state index is 12.4. The Morgan fingerprint density at radius 2 is 1.92 bits per heavy atom. The zero-order valence-electron chi connectivity index (χ0n) is 15.2. The van der Waals surface area contributed by atoms with Crippen LogP contribution in [-0.2, 0) is 11.3 Å². The van der Waals surface area contributed by atoms with Gasteiger partial charge in [0.05, 0.1) is 13.2 Å². The second-order valence-electron chi connectivity index (χ2n) is 6.77. The summed E-state index contributed by atoms with van der Waals surface area (Å²) in [7, 11) is 1.83. The van der Waals surface area contributed by atoms with E-state index < -0.39 is 0 Å². The third kappa shape index (κ3) is 5.40. The van der Waals surface area contributed by atoms with E-state index in [9.17, 15) is 4.79 Å². The van der Waals surface area contributed by atoms with E-state index in [4.69, 9.17) is 4.74 Å². The van der Waals surface area contributed by atoms with Gasteiger partial charge in [-0.3, -0.25) is 4.90 Å². The van der Waals surface area contributed by atoms with Gasteiger partial charge in [0.15, 0.2) is 0 Å². The number of nitrogens with zero attached hydrogens (tertiary/aromatic N) is 2. The summed E-state index contributed by atoms with van der Waals surface area (Å²) in [6.07, 6.45) is 2.06. The molecular formula is C18H29N3O2S. The Kier molecular flexibility index (Phi) is 6.95. The van der Waals surface area contributed by atoms with Crippen molar-refractivity contribution in [2.24, 2.45) is 0 Å². The second kappa shape index (κ2) is 8.74. The molecule has 1 aromatic rings. The summed E-state index contributed by atoms with van der Waals surface area (Å²) in [5, 5.41) is 3.06. The van der Waals surface area contributed by atoms with Crippen molar-refractivity contribution in [3.8, 4) is 0 Å². The van der Waals surface area contributed by atoms with E-state index >= 15 is 0 Å². The van der Waals surface area contributed by atoms with Crippen LogP contribution in [-0.4, -0.2) is 67.5 Å². The van der Waals surface area contributed by atoms with Gasteiger partial charge in [-0.25, -0.2) is 4.79 Å². The Hall–Kier alpha value is -1.24. The number of hydrogen-bond acceptors (Lipinski definition) is 4. The van der Waals surface area contributed by atoms with Gasteiger partial charge in [0.2, 0.25) is 0 Å². The summed E-state index contributed by atoms with van der Waals surface area (Å²) in [5.74, 6) is 0. The molecule has 1 aromatic carbocycles. The summed E-state index contributed by atoms with van der Waals surface area (Å²) < 4.78 is 5.40. The summed E-state index contributed by atoms with van der Waals surface area (Å²) in [6.45, 7) is 8.94. The number of hydrogen-bond donors (Lipinski definition) is 1. The lowest BCUT2D eigenvalue weighted by Crippen LogP contribution is -2.56. The molecular weight excluding hydrogens is 322 g/mol. The molecule has 0 atom stereocenters. The van der Waals surface area contributed by atoms with E-state index in [1.54, 1.807) is 16.7 Å². The van der Waals surface area contributed by atoms with Gasteiger partial charge in [0.1, 0.15) is 0 Å².